The van der Waals surface area contributed by atoms with Crippen LogP contribution in [0.25, 0.3) is 5.69 Å². The Morgan fingerprint density at radius 2 is 2.06 bits per heavy atom. The van der Waals surface area contributed by atoms with Crippen molar-refractivity contribution in [1.29, 1.82) is 0 Å². The van der Waals surface area contributed by atoms with Crippen molar-refractivity contribution in [2.24, 2.45) is 11.8 Å². The third-order valence-corrected chi connectivity index (χ3v) is 4.33. The van der Waals surface area contributed by atoms with Gasteiger partial charge in [0.25, 0.3) is 0 Å². The Morgan fingerprint density at radius 1 is 1.17 bits per heavy atom. The number of nitrogens with one attached hydrogen (secondary N) is 1. The van der Waals surface area contributed by atoms with Crippen LogP contribution >= 0.6 is 0 Å². The summed E-state index contributed by atoms with van der Waals surface area (Å²) in [6.45, 7) is 0. The lowest BCUT2D eigenvalue weighted by Gasteiger charge is -2.16. The van der Waals surface area contributed by atoms with E-state index in [0.29, 0.717) is 6.04 Å². The predicted octanol–water partition coefficient (Wildman–Crippen LogP) is 3.08. The van der Waals surface area contributed by atoms with Gasteiger partial charge >= 0.3 is 0 Å². The van der Waals surface area contributed by atoms with Crippen LogP contribution in [0.15, 0.2) is 42.7 Å². The van der Waals surface area contributed by atoms with Crippen LogP contribution in [0.2, 0.25) is 0 Å². The van der Waals surface area contributed by atoms with Gasteiger partial charge in [-0.05, 0) is 61.4 Å². The number of rotatable bonds is 3. The predicted molar refractivity (Wildman–Crippen MR) is 71.8 cm³/mol. The molecule has 0 bridgehead atoms. The van der Waals surface area contributed by atoms with Crippen molar-refractivity contribution in [2.75, 3.05) is 5.32 Å². The van der Waals surface area contributed by atoms with Crippen molar-refractivity contribution in [2.45, 2.75) is 25.3 Å². The number of hydrogen-bond acceptors (Lipinski definition) is 2. The molecule has 2 aromatic rings. The molecule has 1 heterocycles. The lowest BCUT2D eigenvalue weighted by Crippen LogP contribution is -2.18. The number of nitrogens with zero attached hydrogens (tertiary/aromatic N) is 2. The fourth-order valence-electron chi connectivity index (χ4n) is 3.23. The highest BCUT2D eigenvalue weighted by atomic mass is 15.3. The van der Waals surface area contributed by atoms with Crippen LogP contribution in [0, 0.1) is 11.8 Å². The number of hydrogen-bond donors (Lipinski definition) is 1. The smallest absolute Gasteiger partial charge is 0.0647 e. The van der Waals surface area contributed by atoms with Crippen molar-refractivity contribution in [3.63, 3.8) is 0 Å². The minimum absolute atomic E-state index is 0.713. The Labute approximate surface area is 107 Å². The van der Waals surface area contributed by atoms with Crippen LogP contribution in [-0.2, 0) is 0 Å². The maximum Gasteiger partial charge on any atom is 0.0647 e. The maximum absolute atomic E-state index is 4.23. The van der Waals surface area contributed by atoms with E-state index in [0.717, 1.165) is 17.5 Å². The summed E-state index contributed by atoms with van der Waals surface area (Å²) < 4.78 is 1.89. The largest absolute Gasteiger partial charge is 0.382 e. The van der Waals surface area contributed by atoms with E-state index < -0.39 is 0 Å². The molecule has 3 nitrogen and oxygen atoms in total. The molecule has 1 aromatic heterocycles. The molecule has 2 fully saturated rings. The molecule has 1 aromatic carbocycles. The first-order chi connectivity index (χ1) is 8.90. The minimum Gasteiger partial charge on any atom is -0.382 e. The van der Waals surface area contributed by atoms with Crippen LogP contribution in [0.4, 0.5) is 5.69 Å². The molecule has 3 atom stereocenters. The second kappa shape index (κ2) is 3.87. The maximum atomic E-state index is 4.23. The summed E-state index contributed by atoms with van der Waals surface area (Å²) in [5.74, 6) is 1.99. The molecule has 0 saturated heterocycles. The number of benzene rings is 1. The average molecular weight is 239 g/mol. The third kappa shape index (κ3) is 1.70. The summed E-state index contributed by atoms with van der Waals surface area (Å²) in [5.41, 5.74) is 2.35. The zero-order valence-electron chi connectivity index (χ0n) is 10.3. The molecule has 0 aliphatic heterocycles. The molecule has 2 saturated carbocycles. The Balaban J connectivity index is 1.49. The molecular formula is C15H17N3. The Kier molecular flexibility index (Phi) is 2.19. The first kappa shape index (κ1) is 10.2. The zero-order chi connectivity index (χ0) is 11.9. The fourth-order valence-corrected chi connectivity index (χ4v) is 3.23. The molecule has 3 unspecified atom stereocenters. The van der Waals surface area contributed by atoms with E-state index in [-0.39, 0.29) is 0 Å². The van der Waals surface area contributed by atoms with E-state index >= 15 is 0 Å². The number of fused-ring (bicyclic) bond motifs is 1. The van der Waals surface area contributed by atoms with Crippen LogP contribution in [-0.4, -0.2) is 15.8 Å². The van der Waals surface area contributed by atoms with Gasteiger partial charge in [0.1, 0.15) is 0 Å². The summed E-state index contributed by atoms with van der Waals surface area (Å²) in [4.78, 5) is 0. The van der Waals surface area contributed by atoms with Gasteiger partial charge in [0.05, 0.1) is 5.69 Å². The molecule has 0 amide bonds. The molecule has 4 rings (SSSR count). The van der Waals surface area contributed by atoms with Crippen molar-refractivity contribution in [3.8, 4) is 5.69 Å². The molecule has 18 heavy (non-hydrogen) atoms. The molecular weight excluding hydrogens is 222 g/mol. The van der Waals surface area contributed by atoms with Gasteiger partial charge in [-0.1, -0.05) is 0 Å². The normalized spacial score (nSPS) is 29.0. The highest BCUT2D eigenvalue weighted by Gasteiger charge is 2.47. The highest BCUT2D eigenvalue weighted by Crippen LogP contribution is 2.52. The third-order valence-electron chi connectivity index (χ3n) is 4.33. The highest BCUT2D eigenvalue weighted by molar-refractivity contribution is 5.49. The Hall–Kier alpha value is -1.77. The average Bonchev–Trinajstić information content (AvgIpc) is 2.84. The van der Waals surface area contributed by atoms with E-state index in [9.17, 15) is 0 Å². The van der Waals surface area contributed by atoms with E-state index in [1.54, 1.807) is 6.20 Å². The van der Waals surface area contributed by atoms with Crippen molar-refractivity contribution < 1.29 is 0 Å². The van der Waals surface area contributed by atoms with Gasteiger partial charge in [0, 0.05) is 24.1 Å². The number of aromatic nitrogens is 2. The van der Waals surface area contributed by atoms with Gasteiger partial charge in [0.15, 0.2) is 0 Å². The van der Waals surface area contributed by atoms with Gasteiger partial charge in [-0.15, -0.1) is 0 Å². The molecule has 0 radical (unpaired) electrons. The van der Waals surface area contributed by atoms with Crippen molar-refractivity contribution in [3.05, 3.63) is 42.7 Å². The van der Waals surface area contributed by atoms with E-state index in [2.05, 4.69) is 34.7 Å². The van der Waals surface area contributed by atoms with Crippen LogP contribution in [0.3, 0.4) is 0 Å². The van der Waals surface area contributed by atoms with Crippen molar-refractivity contribution in [1.82, 2.24) is 9.78 Å². The van der Waals surface area contributed by atoms with Crippen LogP contribution < -0.4 is 5.32 Å². The van der Waals surface area contributed by atoms with E-state index in [4.69, 9.17) is 0 Å². The van der Waals surface area contributed by atoms with Crippen LogP contribution in [0.5, 0.6) is 0 Å². The fraction of sp³-hybridized carbons (Fsp3) is 0.400. The molecule has 3 heteroatoms. The lowest BCUT2D eigenvalue weighted by molar-refractivity contribution is 0.654. The minimum atomic E-state index is 0.713. The SMILES string of the molecule is c1cnn(-c2ccc(NC3CCC4CC43)cc2)c1. The zero-order valence-corrected chi connectivity index (χ0v) is 10.3. The first-order valence-corrected chi connectivity index (χ1v) is 6.77. The summed E-state index contributed by atoms with van der Waals surface area (Å²) >= 11 is 0. The molecule has 2 aliphatic rings. The van der Waals surface area contributed by atoms with Gasteiger partial charge in [-0.3, -0.25) is 0 Å². The quantitative estimate of drug-likeness (QED) is 0.892. The second-order valence-corrected chi connectivity index (χ2v) is 5.49. The Morgan fingerprint density at radius 3 is 2.67 bits per heavy atom. The first-order valence-electron chi connectivity index (χ1n) is 6.77. The summed E-state index contributed by atoms with van der Waals surface area (Å²) in [7, 11) is 0. The molecule has 0 spiro atoms. The van der Waals surface area contributed by atoms with Gasteiger partial charge < -0.3 is 5.32 Å². The van der Waals surface area contributed by atoms with Gasteiger partial charge in [-0.2, -0.15) is 5.10 Å². The summed E-state index contributed by atoms with van der Waals surface area (Å²) in [6, 6.07) is 11.2. The molecule has 92 valence electrons. The lowest BCUT2D eigenvalue weighted by atomic mass is 10.1. The number of anilines is 1. The van der Waals surface area contributed by atoms with Crippen molar-refractivity contribution >= 4 is 5.69 Å². The topological polar surface area (TPSA) is 29.9 Å². The second-order valence-electron chi connectivity index (χ2n) is 5.49. The monoisotopic (exact) mass is 239 g/mol. The van der Waals surface area contributed by atoms with Crippen LogP contribution in [0.1, 0.15) is 19.3 Å². The summed E-state index contributed by atoms with van der Waals surface area (Å²) in [6.07, 6.45) is 7.99. The van der Waals surface area contributed by atoms with Gasteiger partial charge in [0.2, 0.25) is 0 Å². The summed E-state index contributed by atoms with van der Waals surface area (Å²) in [5, 5.41) is 7.91. The molecule has 2 aliphatic carbocycles. The Bertz CT molecular complexity index is 529. The molecule has 1 N–H and O–H groups in total. The standard InChI is InChI=1S/C15H17N3/c1-8-16-18(9-1)13-5-3-12(4-6-13)17-15-7-2-11-10-14(11)15/h1,3-6,8-9,11,14-15,17H,2,7,10H2. The van der Waals surface area contributed by atoms with E-state index in [1.807, 2.05) is 16.9 Å². The van der Waals surface area contributed by atoms with E-state index in [1.165, 1.54) is 24.9 Å². The van der Waals surface area contributed by atoms with Gasteiger partial charge in [-0.25, -0.2) is 4.68 Å².